The molecule has 3 aromatic rings. The normalized spacial score (nSPS) is 15.7. The van der Waals surface area contributed by atoms with E-state index in [1.807, 2.05) is 6.07 Å². The maximum Gasteiger partial charge on any atom is 0.237 e. The van der Waals surface area contributed by atoms with E-state index in [0.29, 0.717) is 16.9 Å². The molecule has 0 saturated carbocycles. The smallest absolute Gasteiger partial charge is 0.237 e. The van der Waals surface area contributed by atoms with Crippen molar-refractivity contribution >= 4 is 11.7 Å². The van der Waals surface area contributed by atoms with Crippen molar-refractivity contribution in [2.75, 3.05) is 5.32 Å². The molecule has 1 amide bonds. The predicted molar refractivity (Wildman–Crippen MR) is 91.6 cm³/mol. The summed E-state index contributed by atoms with van der Waals surface area (Å²) in [6.07, 6.45) is 1.60. The Hall–Kier alpha value is -3.54. The zero-order chi connectivity index (χ0) is 17.6. The number of nitrogens with zero attached hydrogens (tertiary/aromatic N) is 1. The van der Waals surface area contributed by atoms with E-state index >= 15 is 0 Å². The van der Waals surface area contributed by atoms with E-state index in [2.05, 4.69) is 10.3 Å². The van der Waals surface area contributed by atoms with Crippen LogP contribution in [0.1, 0.15) is 17.0 Å². The van der Waals surface area contributed by atoms with Crippen molar-refractivity contribution in [1.29, 1.82) is 0 Å². The molecule has 4 rings (SSSR count). The van der Waals surface area contributed by atoms with Gasteiger partial charge in [0.25, 0.3) is 0 Å². The second-order valence-electron chi connectivity index (χ2n) is 5.88. The minimum atomic E-state index is -0.520. The molecule has 0 saturated heterocycles. The van der Waals surface area contributed by atoms with Gasteiger partial charge in [0.05, 0.1) is 5.92 Å². The van der Waals surface area contributed by atoms with Crippen LogP contribution in [0.4, 0.5) is 5.82 Å². The molecule has 124 valence electrons. The molecule has 1 atom stereocenters. The number of hydrogen-bond donors (Lipinski definition) is 4. The van der Waals surface area contributed by atoms with Gasteiger partial charge in [-0.15, -0.1) is 0 Å². The maximum atomic E-state index is 12.4. The van der Waals surface area contributed by atoms with E-state index in [9.17, 15) is 20.1 Å². The Morgan fingerprint density at radius 1 is 0.880 bits per heavy atom. The number of nitrogens with one attached hydrogen (secondary N) is 1. The molecule has 25 heavy (non-hydrogen) atoms. The molecule has 4 N–H and O–H groups in total. The molecule has 2 aromatic carbocycles. The summed E-state index contributed by atoms with van der Waals surface area (Å²) in [4.78, 5) is 16.7. The van der Waals surface area contributed by atoms with Crippen LogP contribution in [0, 0.1) is 0 Å². The van der Waals surface area contributed by atoms with Crippen LogP contribution in [0.15, 0.2) is 54.7 Å². The maximum absolute atomic E-state index is 12.4. The minimum Gasteiger partial charge on any atom is -0.508 e. The van der Waals surface area contributed by atoms with Gasteiger partial charge in [0, 0.05) is 17.3 Å². The Balaban J connectivity index is 1.80. The van der Waals surface area contributed by atoms with Gasteiger partial charge >= 0.3 is 0 Å². The van der Waals surface area contributed by atoms with Crippen LogP contribution >= 0.6 is 0 Å². The van der Waals surface area contributed by atoms with Gasteiger partial charge in [0.15, 0.2) is 11.5 Å². The highest BCUT2D eigenvalue weighted by Gasteiger charge is 2.33. The van der Waals surface area contributed by atoms with Crippen molar-refractivity contribution in [3.8, 4) is 28.4 Å². The number of rotatable bonds is 2. The number of fused-ring (bicyclic) bond motifs is 1. The van der Waals surface area contributed by atoms with Crippen LogP contribution in [-0.4, -0.2) is 26.2 Å². The zero-order valence-corrected chi connectivity index (χ0v) is 13.0. The van der Waals surface area contributed by atoms with Crippen molar-refractivity contribution in [2.45, 2.75) is 5.92 Å². The van der Waals surface area contributed by atoms with Crippen molar-refractivity contribution in [1.82, 2.24) is 4.98 Å². The highest BCUT2D eigenvalue weighted by Crippen LogP contribution is 2.39. The summed E-state index contributed by atoms with van der Waals surface area (Å²) in [5.41, 5.74) is 2.87. The first-order chi connectivity index (χ1) is 12.0. The molecule has 1 aliphatic rings. The Labute approximate surface area is 143 Å². The molecule has 0 aliphatic carbocycles. The number of anilines is 1. The largest absolute Gasteiger partial charge is 0.508 e. The third kappa shape index (κ3) is 2.53. The van der Waals surface area contributed by atoms with Gasteiger partial charge < -0.3 is 20.6 Å². The van der Waals surface area contributed by atoms with E-state index in [4.69, 9.17) is 0 Å². The summed E-state index contributed by atoms with van der Waals surface area (Å²) < 4.78 is 0. The van der Waals surface area contributed by atoms with Crippen LogP contribution in [-0.2, 0) is 4.79 Å². The van der Waals surface area contributed by atoms with Crippen LogP contribution < -0.4 is 5.32 Å². The highest BCUT2D eigenvalue weighted by molar-refractivity contribution is 6.04. The van der Waals surface area contributed by atoms with Gasteiger partial charge in [-0.25, -0.2) is 4.98 Å². The van der Waals surface area contributed by atoms with Crippen LogP contribution in [0.2, 0.25) is 0 Å². The lowest BCUT2D eigenvalue weighted by molar-refractivity contribution is -0.116. The number of phenolic OH excluding ortho intramolecular Hbond substituents is 3. The second kappa shape index (κ2) is 5.52. The SMILES string of the molecule is O=C1Nc2ncc(-c3ccc(O)c(O)c3)cc2C1c1ccc(O)cc1. The van der Waals surface area contributed by atoms with Gasteiger partial charge in [-0.2, -0.15) is 0 Å². The standard InChI is InChI=1S/C19H14N2O4/c22-13-4-1-10(2-5-13)17-14-7-12(9-20-18(14)21-19(17)25)11-3-6-15(23)16(24)8-11/h1-9,17,22-24H,(H,20,21,25). The Bertz CT molecular complexity index is 983. The quantitative estimate of drug-likeness (QED) is 0.540. The van der Waals surface area contributed by atoms with Crippen molar-refractivity contribution in [3.63, 3.8) is 0 Å². The molecule has 1 aromatic heterocycles. The van der Waals surface area contributed by atoms with Gasteiger partial charge in [0.1, 0.15) is 11.6 Å². The van der Waals surface area contributed by atoms with Gasteiger partial charge in [-0.1, -0.05) is 18.2 Å². The van der Waals surface area contributed by atoms with Gasteiger partial charge in [-0.05, 0) is 41.5 Å². The Morgan fingerprint density at radius 3 is 2.36 bits per heavy atom. The molecular weight excluding hydrogens is 320 g/mol. The molecule has 6 heteroatoms. The topological polar surface area (TPSA) is 103 Å². The summed E-state index contributed by atoms with van der Waals surface area (Å²) >= 11 is 0. The van der Waals surface area contributed by atoms with Crippen molar-refractivity contribution in [2.24, 2.45) is 0 Å². The summed E-state index contributed by atoms with van der Waals surface area (Å²) in [7, 11) is 0. The monoisotopic (exact) mass is 334 g/mol. The second-order valence-corrected chi connectivity index (χ2v) is 5.88. The average molecular weight is 334 g/mol. The number of benzene rings is 2. The number of hydrogen-bond acceptors (Lipinski definition) is 5. The lowest BCUT2D eigenvalue weighted by atomic mass is 9.92. The lowest BCUT2D eigenvalue weighted by Gasteiger charge is -2.11. The number of aromatic nitrogens is 1. The van der Waals surface area contributed by atoms with Crippen LogP contribution in [0.3, 0.4) is 0 Å². The first-order valence-electron chi connectivity index (χ1n) is 7.65. The third-order valence-electron chi connectivity index (χ3n) is 4.27. The van der Waals surface area contributed by atoms with E-state index in [-0.39, 0.29) is 23.2 Å². The molecule has 0 bridgehead atoms. The summed E-state index contributed by atoms with van der Waals surface area (Å²) in [6, 6.07) is 12.8. The Kier molecular flexibility index (Phi) is 3.32. The highest BCUT2D eigenvalue weighted by atomic mass is 16.3. The van der Waals surface area contributed by atoms with E-state index in [1.165, 1.54) is 24.3 Å². The molecule has 0 radical (unpaired) electrons. The molecule has 1 unspecified atom stereocenters. The first kappa shape index (κ1) is 15.0. The average Bonchev–Trinajstić information content (AvgIpc) is 2.93. The fraction of sp³-hybridized carbons (Fsp3) is 0.0526. The van der Waals surface area contributed by atoms with E-state index in [0.717, 1.165) is 11.1 Å². The van der Waals surface area contributed by atoms with Crippen LogP contribution in [0.5, 0.6) is 17.2 Å². The summed E-state index contributed by atoms with van der Waals surface area (Å²) in [5, 5.41) is 31.3. The van der Waals surface area contributed by atoms with Gasteiger partial charge in [-0.3, -0.25) is 4.79 Å². The number of carbonyl (C=O) groups is 1. The molecule has 0 spiro atoms. The number of phenols is 3. The molecule has 0 fully saturated rings. The molecule has 2 heterocycles. The van der Waals surface area contributed by atoms with Crippen molar-refractivity contribution < 1.29 is 20.1 Å². The minimum absolute atomic E-state index is 0.133. The lowest BCUT2D eigenvalue weighted by Crippen LogP contribution is -2.13. The van der Waals surface area contributed by atoms with E-state index < -0.39 is 5.92 Å². The fourth-order valence-corrected chi connectivity index (χ4v) is 2.99. The predicted octanol–water partition coefficient (Wildman–Crippen LogP) is 2.95. The molecular formula is C19H14N2O4. The number of pyridine rings is 1. The number of amides is 1. The van der Waals surface area contributed by atoms with E-state index in [1.54, 1.807) is 24.4 Å². The first-order valence-corrected chi connectivity index (χ1v) is 7.65. The summed E-state index contributed by atoms with van der Waals surface area (Å²) in [6.45, 7) is 0. The summed E-state index contributed by atoms with van der Waals surface area (Å²) in [5.74, 6) is -0.490. The van der Waals surface area contributed by atoms with Gasteiger partial charge in [0.2, 0.25) is 5.91 Å². The molecule has 6 nitrogen and oxygen atoms in total. The van der Waals surface area contributed by atoms with Crippen LogP contribution in [0.25, 0.3) is 11.1 Å². The fourth-order valence-electron chi connectivity index (χ4n) is 2.99. The third-order valence-corrected chi connectivity index (χ3v) is 4.27. The zero-order valence-electron chi connectivity index (χ0n) is 13.0. The Morgan fingerprint density at radius 2 is 1.64 bits per heavy atom. The molecule has 1 aliphatic heterocycles. The van der Waals surface area contributed by atoms with Crippen molar-refractivity contribution in [3.05, 3.63) is 65.9 Å². The number of aromatic hydroxyl groups is 3. The number of carbonyl (C=O) groups excluding carboxylic acids is 1.